The van der Waals surface area contributed by atoms with Gasteiger partial charge in [0.1, 0.15) is 5.69 Å². The fourth-order valence-electron chi connectivity index (χ4n) is 2.46. The molecule has 1 saturated carbocycles. The first-order valence-corrected chi connectivity index (χ1v) is 7.80. The smallest absolute Gasteiger partial charge is 0.292 e. The van der Waals surface area contributed by atoms with Crippen molar-refractivity contribution >= 4 is 22.7 Å². The Morgan fingerprint density at radius 2 is 2.14 bits per heavy atom. The standard InChI is InChI=1S/C15H17N3O2S/c16-14-8-11(3-6-15(14)18(19)20)9-17(12-4-5-12)10-13-2-1-7-21-13/h1-3,6-8,12H,4-5,9-10,16H2. The molecule has 21 heavy (non-hydrogen) atoms. The molecule has 0 unspecified atom stereocenters. The van der Waals surface area contributed by atoms with E-state index in [0.29, 0.717) is 6.04 Å². The van der Waals surface area contributed by atoms with Gasteiger partial charge in [-0.15, -0.1) is 11.3 Å². The summed E-state index contributed by atoms with van der Waals surface area (Å²) in [6, 6.07) is 9.86. The van der Waals surface area contributed by atoms with Crippen molar-refractivity contribution in [2.45, 2.75) is 32.0 Å². The SMILES string of the molecule is Nc1cc(CN(Cc2cccs2)C2CC2)ccc1[N+](=O)[O-]. The van der Waals surface area contributed by atoms with Gasteiger partial charge >= 0.3 is 0 Å². The van der Waals surface area contributed by atoms with Gasteiger partial charge in [-0.2, -0.15) is 0 Å². The van der Waals surface area contributed by atoms with Gasteiger partial charge in [0.25, 0.3) is 5.69 Å². The van der Waals surface area contributed by atoms with Gasteiger partial charge in [-0.3, -0.25) is 15.0 Å². The minimum absolute atomic E-state index is 0.0185. The molecule has 0 amide bonds. The van der Waals surface area contributed by atoms with Gasteiger partial charge in [0.05, 0.1) is 4.92 Å². The third kappa shape index (κ3) is 3.40. The van der Waals surface area contributed by atoms with Crippen LogP contribution in [-0.2, 0) is 13.1 Å². The Kier molecular flexibility index (Phi) is 3.90. The molecule has 1 aliphatic rings. The van der Waals surface area contributed by atoms with E-state index in [1.165, 1.54) is 23.8 Å². The van der Waals surface area contributed by atoms with Crippen LogP contribution >= 0.6 is 11.3 Å². The van der Waals surface area contributed by atoms with Crippen LogP contribution in [0.1, 0.15) is 23.3 Å². The second-order valence-electron chi connectivity index (χ2n) is 5.37. The lowest BCUT2D eigenvalue weighted by atomic mass is 10.1. The zero-order valence-corrected chi connectivity index (χ0v) is 12.4. The third-order valence-corrected chi connectivity index (χ3v) is 4.54. The van der Waals surface area contributed by atoms with Crippen molar-refractivity contribution in [3.8, 4) is 0 Å². The summed E-state index contributed by atoms with van der Waals surface area (Å²) in [5, 5.41) is 12.9. The predicted octanol–water partition coefficient (Wildman–Crippen LogP) is 3.40. The molecule has 1 aromatic heterocycles. The van der Waals surface area contributed by atoms with Crippen LogP contribution in [0.5, 0.6) is 0 Å². The van der Waals surface area contributed by atoms with Crippen molar-refractivity contribution in [2.75, 3.05) is 5.73 Å². The number of hydrogen-bond donors (Lipinski definition) is 1. The summed E-state index contributed by atoms with van der Waals surface area (Å²) in [7, 11) is 0. The number of nitrogens with zero attached hydrogens (tertiary/aromatic N) is 2. The van der Waals surface area contributed by atoms with Crippen LogP contribution in [0.2, 0.25) is 0 Å². The lowest BCUT2D eigenvalue weighted by Gasteiger charge is -2.21. The molecule has 0 saturated heterocycles. The predicted molar refractivity (Wildman–Crippen MR) is 84.1 cm³/mol. The van der Waals surface area contributed by atoms with Crippen LogP contribution in [0, 0.1) is 10.1 Å². The molecular weight excluding hydrogens is 286 g/mol. The van der Waals surface area contributed by atoms with E-state index >= 15 is 0 Å². The molecule has 1 aliphatic carbocycles. The first-order valence-electron chi connectivity index (χ1n) is 6.92. The van der Waals surface area contributed by atoms with Crippen LogP contribution in [-0.4, -0.2) is 15.9 Å². The van der Waals surface area contributed by atoms with Crippen molar-refractivity contribution in [1.29, 1.82) is 0 Å². The zero-order chi connectivity index (χ0) is 14.8. The summed E-state index contributed by atoms with van der Waals surface area (Å²) >= 11 is 1.76. The highest BCUT2D eigenvalue weighted by atomic mass is 32.1. The molecule has 1 heterocycles. The average molecular weight is 303 g/mol. The Bertz CT molecular complexity index is 638. The number of thiophene rings is 1. The second-order valence-corrected chi connectivity index (χ2v) is 6.40. The molecule has 1 fully saturated rings. The maximum Gasteiger partial charge on any atom is 0.292 e. The highest BCUT2D eigenvalue weighted by Crippen LogP contribution is 2.31. The van der Waals surface area contributed by atoms with E-state index in [2.05, 4.69) is 22.4 Å². The van der Waals surface area contributed by atoms with Crippen LogP contribution in [0.3, 0.4) is 0 Å². The molecule has 2 N–H and O–H groups in total. The summed E-state index contributed by atoms with van der Waals surface area (Å²) in [5.74, 6) is 0. The summed E-state index contributed by atoms with van der Waals surface area (Å²) in [6.45, 7) is 1.71. The Labute approximate surface area is 127 Å². The number of nitrogens with two attached hydrogens (primary N) is 1. The third-order valence-electron chi connectivity index (χ3n) is 3.68. The van der Waals surface area contributed by atoms with Crippen LogP contribution in [0.25, 0.3) is 0 Å². The van der Waals surface area contributed by atoms with E-state index in [-0.39, 0.29) is 11.4 Å². The lowest BCUT2D eigenvalue weighted by Crippen LogP contribution is -2.24. The van der Waals surface area contributed by atoms with E-state index in [1.807, 2.05) is 0 Å². The van der Waals surface area contributed by atoms with Crippen LogP contribution in [0.4, 0.5) is 11.4 Å². The molecular formula is C15H17N3O2S. The number of anilines is 1. The summed E-state index contributed by atoms with van der Waals surface area (Å²) in [5.41, 5.74) is 7.02. The fraction of sp³-hybridized carbons (Fsp3) is 0.333. The monoisotopic (exact) mass is 303 g/mol. The van der Waals surface area contributed by atoms with E-state index < -0.39 is 4.92 Å². The number of nitro groups is 1. The minimum atomic E-state index is -0.441. The highest BCUT2D eigenvalue weighted by molar-refractivity contribution is 7.09. The number of benzene rings is 1. The van der Waals surface area contributed by atoms with Crippen molar-refractivity contribution in [3.05, 3.63) is 56.3 Å². The van der Waals surface area contributed by atoms with Gasteiger partial charge in [-0.05, 0) is 35.9 Å². The van der Waals surface area contributed by atoms with Gasteiger partial charge in [0, 0.05) is 30.1 Å². The van der Waals surface area contributed by atoms with Crippen LogP contribution in [0.15, 0.2) is 35.7 Å². The van der Waals surface area contributed by atoms with Gasteiger partial charge in [-0.1, -0.05) is 12.1 Å². The topological polar surface area (TPSA) is 72.4 Å². The number of hydrogen-bond acceptors (Lipinski definition) is 5. The molecule has 0 aliphatic heterocycles. The Morgan fingerprint density at radius 1 is 1.33 bits per heavy atom. The Hall–Kier alpha value is -1.92. The summed E-state index contributed by atoms with van der Waals surface area (Å²) < 4.78 is 0. The molecule has 0 atom stereocenters. The van der Waals surface area contributed by atoms with Gasteiger partial charge in [-0.25, -0.2) is 0 Å². The van der Waals surface area contributed by atoms with Crippen LogP contribution < -0.4 is 5.73 Å². The minimum Gasteiger partial charge on any atom is -0.393 e. The van der Waals surface area contributed by atoms with Crippen molar-refractivity contribution in [2.24, 2.45) is 0 Å². The number of rotatable bonds is 6. The fourth-order valence-corrected chi connectivity index (χ4v) is 3.19. The molecule has 0 radical (unpaired) electrons. The van der Waals surface area contributed by atoms with Gasteiger partial charge in [0.15, 0.2) is 0 Å². The van der Waals surface area contributed by atoms with Gasteiger partial charge < -0.3 is 5.73 Å². The Morgan fingerprint density at radius 3 is 2.71 bits per heavy atom. The van der Waals surface area contributed by atoms with Crippen molar-refractivity contribution < 1.29 is 4.92 Å². The molecule has 6 heteroatoms. The second kappa shape index (κ2) is 5.83. The zero-order valence-electron chi connectivity index (χ0n) is 11.6. The largest absolute Gasteiger partial charge is 0.393 e. The van der Waals surface area contributed by atoms with Crippen molar-refractivity contribution in [1.82, 2.24) is 4.90 Å². The Balaban J connectivity index is 1.73. The average Bonchev–Trinajstić information content (AvgIpc) is 3.16. The molecule has 1 aromatic carbocycles. The normalized spacial score (nSPS) is 14.5. The number of nitrogen functional groups attached to an aromatic ring is 1. The van der Waals surface area contributed by atoms with E-state index in [9.17, 15) is 10.1 Å². The van der Waals surface area contributed by atoms with E-state index in [1.54, 1.807) is 23.5 Å². The van der Waals surface area contributed by atoms with E-state index in [0.717, 1.165) is 18.7 Å². The lowest BCUT2D eigenvalue weighted by molar-refractivity contribution is -0.383. The molecule has 2 aromatic rings. The molecule has 0 spiro atoms. The van der Waals surface area contributed by atoms with Gasteiger partial charge in [0.2, 0.25) is 0 Å². The quantitative estimate of drug-likeness (QED) is 0.504. The maximum atomic E-state index is 10.8. The molecule has 0 bridgehead atoms. The first-order chi connectivity index (χ1) is 10.1. The molecule has 110 valence electrons. The van der Waals surface area contributed by atoms with E-state index in [4.69, 9.17) is 5.73 Å². The first kappa shape index (κ1) is 14.0. The maximum absolute atomic E-state index is 10.8. The highest BCUT2D eigenvalue weighted by Gasteiger charge is 2.29. The molecule has 5 nitrogen and oxygen atoms in total. The molecule has 3 rings (SSSR count). The summed E-state index contributed by atoms with van der Waals surface area (Å²) in [4.78, 5) is 14.1. The number of nitro benzene ring substituents is 1. The summed E-state index contributed by atoms with van der Waals surface area (Å²) in [6.07, 6.45) is 2.46. The van der Waals surface area contributed by atoms with Crippen molar-refractivity contribution in [3.63, 3.8) is 0 Å².